The standard InChI is InChI=1S/C15H20O3/c16-15(17)14-8-6-13(7-9-14)11-18-10-12-4-2-1-3-5-12/h6-9,12H,1-5,10-11H2,(H,16,17). The first kappa shape index (κ1) is 13.1. The summed E-state index contributed by atoms with van der Waals surface area (Å²) in [6, 6.07) is 6.90. The summed E-state index contributed by atoms with van der Waals surface area (Å²) in [7, 11) is 0. The molecular weight excluding hydrogens is 228 g/mol. The fourth-order valence-corrected chi connectivity index (χ4v) is 2.44. The van der Waals surface area contributed by atoms with Gasteiger partial charge in [-0.25, -0.2) is 4.79 Å². The number of hydrogen-bond acceptors (Lipinski definition) is 2. The van der Waals surface area contributed by atoms with E-state index in [0.29, 0.717) is 12.2 Å². The lowest BCUT2D eigenvalue weighted by Crippen LogP contribution is -2.13. The molecule has 1 fully saturated rings. The van der Waals surface area contributed by atoms with Crippen LogP contribution in [0.15, 0.2) is 24.3 Å². The molecule has 0 aliphatic heterocycles. The van der Waals surface area contributed by atoms with Gasteiger partial charge in [0, 0.05) is 6.61 Å². The summed E-state index contributed by atoms with van der Waals surface area (Å²) in [4.78, 5) is 10.7. The van der Waals surface area contributed by atoms with E-state index in [1.165, 1.54) is 32.1 Å². The summed E-state index contributed by atoms with van der Waals surface area (Å²) in [5, 5.41) is 8.79. The SMILES string of the molecule is O=C(O)c1ccc(COCC2CCCCC2)cc1. The van der Waals surface area contributed by atoms with Crippen molar-refractivity contribution in [2.24, 2.45) is 5.92 Å². The molecule has 2 rings (SSSR count). The molecule has 1 saturated carbocycles. The van der Waals surface area contributed by atoms with Crippen molar-refractivity contribution in [1.29, 1.82) is 0 Å². The van der Waals surface area contributed by atoms with Crippen molar-refractivity contribution >= 4 is 5.97 Å². The quantitative estimate of drug-likeness (QED) is 0.867. The van der Waals surface area contributed by atoms with E-state index in [0.717, 1.165) is 18.1 Å². The Morgan fingerprint density at radius 1 is 1.17 bits per heavy atom. The zero-order chi connectivity index (χ0) is 12.8. The van der Waals surface area contributed by atoms with Gasteiger partial charge in [0.15, 0.2) is 0 Å². The van der Waals surface area contributed by atoms with Gasteiger partial charge in [0.05, 0.1) is 12.2 Å². The highest BCUT2D eigenvalue weighted by molar-refractivity contribution is 5.87. The summed E-state index contributed by atoms with van der Waals surface area (Å²) in [5.41, 5.74) is 1.36. The molecular formula is C15H20O3. The van der Waals surface area contributed by atoms with Crippen molar-refractivity contribution < 1.29 is 14.6 Å². The summed E-state index contributed by atoms with van der Waals surface area (Å²) >= 11 is 0. The first-order valence-electron chi connectivity index (χ1n) is 6.65. The molecule has 1 aromatic rings. The molecule has 1 N–H and O–H groups in total. The van der Waals surface area contributed by atoms with E-state index in [2.05, 4.69) is 0 Å². The number of hydrogen-bond donors (Lipinski definition) is 1. The molecule has 0 bridgehead atoms. The van der Waals surface area contributed by atoms with E-state index in [1.54, 1.807) is 12.1 Å². The first-order chi connectivity index (χ1) is 8.75. The van der Waals surface area contributed by atoms with Gasteiger partial charge >= 0.3 is 5.97 Å². The summed E-state index contributed by atoms with van der Waals surface area (Å²) < 4.78 is 5.71. The molecule has 18 heavy (non-hydrogen) atoms. The van der Waals surface area contributed by atoms with Gasteiger partial charge in [0.1, 0.15) is 0 Å². The van der Waals surface area contributed by atoms with E-state index in [4.69, 9.17) is 9.84 Å². The molecule has 0 heterocycles. The monoisotopic (exact) mass is 248 g/mol. The molecule has 3 nitrogen and oxygen atoms in total. The van der Waals surface area contributed by atoms with E-state index in [1.807, 2.05) is 12.1 Å². The van der Waals surface area contributed by atoms with Crippen LogP contribution in [0.1, 0.15) is 48.0 Å². The third-order valence-electron chi connectivity index (χ3n) is 3.55. The minimum absolute atomic E-state index is 0.325. The van der Waals surface area contributed by atoms with Gasteiger partial charge in [0.2, 0.25) is 0 Å². The number of carboxylic acid groups (broad SMARTS) is 1. The number of rotatable bonds is 5. The van der Waals surface area contributed by atoms with Crippen LogP contribution in [0.25, 0.3) is 0 Å². The number of carboxylic acids is 1. The molecule has 0 amide bonds. The Kier molecular flexibility index (Phi) is 4.76. The zero-order valence-electron chi connectivity index (χ0n) is 10.6. The highest BCUT2D eigenvalue weighted by atomic mass is 16.5. The van der Waals surface area contributed by atoms with Crippen molar-refractivity contribution in [1.82, 2.24) is 0 Å². The van der Waals surface area contributed by atoms with Gasteiger partial charge in [-0.1, -0.05) is 31.4 Å². The summed E-state index contributed by atoms with van der Waals surface area (Å²) in [5.74, 6) is -0.165. The predicted molar refractivity (Wildman–Crippen MR) is 69.6 cm³/mol. The van der Waals surface area contributed by atoms with Crippen LogP contribution in [0.4, 0.5) is 0 Å². The molecule has 0 spiro atoms. The number of carbonyl (C=O) groups is 1. The Morgan fingerprint density at radius 2 is 1.83 bits per heavy atom. The maximum atomic E-state index is 10.7. The third kappa shape index (κ3) is 3.84. The summed E-state index contributed by atoms with van der Waals surface area (Å²) in [6.07, 6.45) is 6.62. The lowest BCUT2D eigenvalue weighted by Gasteiger charge is -2.21. The number of benzene rings is 1. The summed E-state index contributed by atoms with van der Waals surface area (Å²) in [6.45, 7) is 1.41. The maximum absolute atomic E-state index is 10.7. The average Bonchev–Trinajstić information content (AvgIpc) is 2.40. The molecule has 1 aromatic carbocycles. The highest BCUT2D eigenvalue weighted by Gasteiger charge is 2.13. The number of ether oxygens (including phenoxy) is 1. The van der Waals surface area contributed by atoms with Crippen molar-refractivity contribution in [3.05, 3.63) is 35.4 Å². The first-order valence-corrected chi connectivity index (χ1v) is 6.65. The highest BCUT2D eigenvalue weighted by Crippen LogP contribution is 2.23. The molecule has 1 aliphatic rings. The van der Waals surface area contributed by atoms with Gasteiger partial charge in [0.25, 0.3) is 0 Å². The van der Waals surface area contributed by atoms with Crippen molar-refractivity contribution in [3.8, 4) is 0 Å². The smallest absolute Gasteiger partial charge is 0.335 e. The van der Waals surface area contributed by atoms with Crippen LogP contribution in [-0.2, 0) is 11.3 Å². The molecule has 1 aliphatic carbocycles. The van der Waals surface area contributed by atoms with E-state index < -0.39 is 5.97 Å². The van der Waals surface area contributed by atoms with Crippen LogP contribution in [0, 0.1) is 5.92 Å². The molecule has 98 valence electrons. The fraction of sp³-hybridized carbons (Fsp3) is 0.533. The molecule has 3 heteroatoms. The van der Waals surface area contributed by atoms with Crippen molar-refractivity contribution in [2.75, 3.05) is 6.61 Å². The van der Waals surface area contributed by atoms with Crippen LogP contribution >= 0.6 is 0 Å². The Hall–Kier alpha value is -1.35. The van der Waals surface area contributed by atoms with Gasteiger partial charge in [-0.05, 0) is 36.5 Å². The topological polar surface area (TPSA) is 46.5 Å². The molecule has 0 radical (unpaired) electrons. The van der Waals surface area contributed by atoms with Crippen LogP contribution in [0.3, 0.4) is 0 Å². The van der Waals surface area contributed by atoms with E-state index in [-0.39, 0.29) is 0 Å². The van der Waals surface area contributed by atoms with Gasteiger partial charge < -0.3 is 9.84 Å². The molecule has 0 aromatic heterocycles. The molecule has 0 saturated heterocycles. The van der Waals surface area contributed by atoms with E-state index in [9.17, 15) is 4.79 Å². The minimum Gasteiger partial charge on any atom is -0.478 e. The van der Waals surface area contributed by atoms with E-state index >= 15 is 0 Å². The Labute approximate surface area is 108 Å². The van der Waals surface area contributed by atoms with Crippen molar-refractivity contribution in [2.45, 2.75) is 38.7 Å². The number of aromatic carboxylic acids is 1. The lowest BCUT2D eigenvalue weighted by molar-refractivity contribution is 0.0694. The van der Waals surface area contributed by atoms with Crippen LogP contribution < -0.4 is 0 Å². The second-order valence-corrected chi connectivity index (χ2v) is 5.02. The average molecular weight is 248 g/mol. The van der Waals surface area contributed by atoms with Gasteiger partial charge in [-0.2, -0.15) is 0 Å². The maximum Gasteiger partial charge on any atom is 0.335 e. The Bertz CT molecular complexity index is 377. The fourth-order valence-electron chi connectivity index (χ4n) is 2.44. The molecule has 0 atom stereocenters. The second kappa shape index (κ2) is 6.55. The lowest BCUT2D eigenvalue weighted by atomic mass is 9.90. The van der Waals surface area contributed by atoms with Crippen molar-refractivity contribution in [3.63, 3.8) is 0 Å². The normalized spacial score (nSPS) is 16.7. The van der Waals surface area contributed by atoms with Crippen LogP contribution in [0.2, 0.25) is 0 Å². The minimum atomic E-state index is -0.885. The zero-order valence-corrected chi connectivity index (χ0v) is 10.6. The van der Waals surface area contributed by atoms with Gasteiger partial charge in [-0.15, -0.1) is 0 Å². The largest absolute Gasteiger partial charge is 0.478 e. The Balaban J connectivity index is 1.74. The third-order valence-corrected chi connectivity index (χ3v) is 3.55. The molecule has 0 unspecified atom stereocenters. The Morgan fingerprint density at radius 3 is 2.44 bits per heavy atom. The van der Waals surface area contributed by atoms with Crippen LogP contribution in [0.5, 0.6) is 0 Å². The second-order valence-electron chi connectivity index (χ2n) is 5.02. The van der Waals surface area contributed by atoms with Crippen LogP contribution in [-0.4, -0.2) is 17.7 Å². The van der Waals surface area contributed by atoms with Gasteiger partial charge in [-0.3, -0.25) is 0 Å². The predicted octanol–water partition coefficient (Wildman–Crippen LogP) is 3.48.